The molecular formula is C25H24N2O6. The Morgan fingerprint density at radius 3 is 2.48 bits per heavy atom. The van der Waals surface area contributed by atoms with Crippen LogP contribution in [0, 0.1) is 0 Å². The standard InChI is InChI=1S/C25H24N2O6/c1-31-21-8-4-5-17(12-21)14-24(28)27-26-15-18-9-10-22(23(13-18)32-2)33-16-19-6-3-7-20(11-19)25(29)30/h3-13,15H,14,16H2,1-2H3,(H,27,28)(H,29,30)/b26-15-. The van der Waals surface area contributed by atoms with Crippen LogP contribution in [-0.4, -0.2) is 37.4 Å². The van der Waals surface area contributed by atoms with Gasteiger partial charge in [-0.3, -0.25) is 4.79 Å². The summed E-state index contributed by atoms with van der Waals surface area (Å²) in [4.78, 5) is 23.2. The Kier molecular flexibility index (Phi) is 8.02. The van der Waals surface area contributed by atoms with Gasteiger partial charge in [0.2, 0.25) is 5.91 Å². The number of carboxylic acids is 1. The van der Waals surface area contributed by atoms with E-state index in [1.54, 1.807) is 49.6 Å². The number of nitrogens with one attached hydrogen (secondary N) is 1. The van der Waals surface area contributed by atoms with Crippen molar-refractivity contribution in [3.63, 3.8) is 0 Å². The number of methoxy groups -OCH3 is 2. The highest BCUT2D eigenvalue weighted by Gasteiger charge is 2.08. The van der Waals surface area contributed by atoms with Gasteiger partial charge in [-0.25, -0.2) is 10.2 Å². The van der Waals surface area contributed by atoms with Gasteiger partial charge in [0.05, 0.1) is 32.4 Å². The average molecular weight is 448 g/mol. The number of benzene rings is 3. The molecule has 0 bridgehead atoms. The summed E-state index contributed by atoms with van der Waals surface area (Å²) in [5.41, 5.74) is 4.94. The van der Waals surface area contributed by atoms with Gasteiger partial charge in [0, 0.05) is 0 Å². The molecule has 0 aliphatic rings. The van der Waals surface area contributed by atoms with E-state index in [-0.39, 0.29) is 24.5 Å². The van der Waals surface area contributed by atoms with Crippen molar-refractivity contribution in [3.05, 3.63) is 89.0 Å². The molecule has 0 radical (unpaired) electrons. The minimum absolute atomic E-state index is 0.174. The Balaban J connectivity index is 1.58. The quantitative estimate of drug-likeness (QED) is 0.362. The molecule has 33 heavy (non-hydrogen) atoms. The van der Waals surface area contributed by atoms with Crippen molar-refractivity contribution in [1.82, 2.24) is 5.43 Å². The van der Waals surface area contributed by atoms with E-state index in [1.165, 1.54) is 19.4 Å². The van der Waals surface area contributed by atoms with Crippen molar-refractivity contribution in [2.75, 3.05) is 14.2 Å². The van der Waals surface area contributed by atoms with E-state index < -0.39 is 5.97 Å². The second kappa shape index (κ2) is 11.3. The van der Waals surface area contributed by atoms with Gasteiger partial charge in [0.15, 0.2) is 11.5 Å². The van der Waals surface area contributed by atoms with Gasteiger partial charge in [-0.2, -0.15) is 5.10 Å². The summed E-state index contributed by atoms with van der Waals surface area (Å²) in [5.74, 6) is 0.421. The Morgan fingerprint density at radius 1 is 0.939 bits per heavy atom. The summed E-state index contributed by atoms with van der Waals surface area (Å²) in [6.45, 7) is 0.186. The minimum atomic E-state index is -0.992. The number of aromatic carboxylic acids is 1. The molecule has 0 aromatic heterocycles. The van der Waals surface area contributed by atoms with E-state index in [2.05, 4.69) is 10.5 Å². The van der Waals surface area contributed by atoms with Crippen LogP contribution in [0.25, 0.3) is 0 Å². The lowest BCUT2D eigenvalue weighted by Gasteiger charge is -2.11. The molecule has 3 aromatic carbocycles. The lowest BCUT2D eigenvalue weighted by atomic mass is 10.1. The monoisotopic (exact) mass is 448 g/mol. The first-order valence-electron chi connectivity index (χ1n) is 10.1. The molecule has 0 spiro atoms. The molecule has 0 fully saturated rings. The zero-order chi connectivity index (χ0) is 23.6. The van der Waals surface area contributed by atoms with Gasteiger partial charge in [-0.05, 0) is 59.2 Å². The highest BCUT2D eigenvalue weighted by molar-refractivity contribution is 5.87. The van der Waals surface area contributed by atoms with Crippen LogP contribution in [0.2, 0.25) is 0 Å². The van der Waals surface area contributed by atoms with Crippen molar-refractivity contribution in [1.29, 1.82) is 0 Å². The third kappa shape index (κ3) is 6.83. The molecular weight excluding hydrogens is 424 g/mol. The number of hydrazone groups is 1. The van der Waals surface area contributed by atoms with Crippen molar-refractivity contribution in [2.45, 2.75) is 13.0 Å². The maximum absolute atomic E-state index is 12.1. The van der Waals surface area contributed by atoms with Crippen LogP contribution < -0.4 is 19.6 Å². The molecule has 3 rings (SSSR count). The zero-order valence-electron chi connectivity index (χ0n) is 18.3. The van der Waals surface area contributed by atoms with E-state index in [0.29, 0.717) is 22.8 Å². The normalized spacial score (nSPS) is 10.6. The first kappa shape index (κ1) is 23.3. The van der Waals surface area contributed by atoms with E-state index in [1.807, 2.05) is 18.2 Å². The van der Waals surface area contributed by atoms with Crippen LogP contribution in [0.1, 0.15) is 27.0 Å². The molecule has 0 unspecified atom stereocenters. The zero-order valence-corrected chi connectivity index (χ0v) is 18.3. The number of nitrogens with zero attached hydrogens (tertiary/aromatic N) is 1. The lowest BCUT2D eigenvalue weighted by molar-refractivity contribution is -0.120. The fourth-order valence-corrected chi connectivity index (χ4v) is 3.03. The van der Waals surface area contributed by atoms with Crippen molar-refractivity contribution in [2.24, 2.45) is 5.10 Å². The number of carboxylic acid groups (broad SMARTS) is 1. The molecule has 8 nitrogen and oxygen atoms in total. The van der Waals surface area contributed by atoms with Gasteiger partial charge in [-0.15, -0.1) is 0 Å². The second-order valence-corrected chi connectivity index (χ2v) is 7.03. The Hall–Kier alpha value is -4.33. The smallest absolute Gasteiger partial charge is 0.335 e. The first-order valence-corrected chi connectivity index (χ1v) is 10.1. The van der Waals surface area contributed by atoms with Gasteiger partial charge in [0.25, 0.3) is 0 Å². The second-order valence-electron chi connectivity index (χ2n) is 7.03. The van der Waals surface area contributed by atoms with E-state index >= 15 is 0 Å². The first-order chi connectivity index (χ1) is 16.0. The molecule has 2 N–H and O–H groups in total. The molecule has 0 atom stereocenters. The summed E-state index contributed by atoms with van der Waals surface area (Å²) in [6, 6.07) is 19.0. The number of hydrogen-bond donors (Lipinski definition) is 2. The predicted octanol–water partition coefficient (Wildman–Crippen LogP) is 3.67. The van der Waals surface area contributed by atoms with Gasteiger partial charge in [0.1, 0.15) is 12.4 Å². The predicted molar refractivity (Wildman–Crippen MR) is 123 cm³/mol. The summed E-state index contributed by atoms with van der Waals surface area (Å²) in [5, 5.41) is 13.1. The minimum Gasteiger partial charge on any atom is -0.497 e. The van der Waals surface area contributed by atoms with Crippen molar-refractivity contribution < 1.29 is 28.9 Å². The van der Waals surface area contributed by atoms with Gasteiger partial charge >= 0.3 is 5.97 Å². The molecule has 0 aliphatic heterocycles. The van der Waals surface area contributed by atoms with Crippen LogP contribution >= 0.6 is 0 Å². The van der Waals surface area contributed by atoms with E-state index in [0.717, 1.165) is 11.1 Å². The fraction of sp³-hybridized carbons (Fsp3) is 0.160. The number of carbonyl (C=O) groups excluding carboxylic acids is 1. The SMILES string of the molecule is COc1cccc(CC(=O)N/N=C\c2ccc(OCc3cccc(C(=O)O)c3)c(OC)c2)c1. The topological polar surface area (TPSA) is 106 Å². The summed E-state index contributed by atoms with van der Waals surface area (Å²) in [7, 11) is 3.09. The van der Waals surface area contributed by atoms with Crippen LogP contribution in [-0.2, 0) is 17.8 Å². The van der Waals surface area contributed by atoms with Crippen LogP contribution in [0.15, 0.2) is 71.8 Å². The average Bonchev–Trinajstić information content (AvgIpc) is 2.83. The molecule has 3 aromatic rings. The van der Waals surface area contributed by atoms with Crippen molar-refractivity contribution in [3.8, 4) is 17.2 Å². The number of amides is 1. The fourth-order valence-electron chi connectivity index (χ4n) is 3.03. The summed E-state index contributed by atoms with van der Waals surface area (Å²) in [6.07, 6.45) is 1.68. The third-order valence-corrected chi connectivity index (χ3v) is 4.66. The number of hydrogen-bond acceptors (Lipinski definition) is 6. The molecule has 0 aliphatic carbocycles. The van der Waals surface area contributed by atoms with E-state index in [4.69, 9.17) is 19.3 Å². The number of rotatable bonds is 10. The maximum Gasteiger partial charge on any atom is 0.335 e. The summed E-state index contributed by atoms with van der Waals surface area (Å²) >= 11 is 0. The Labute approximate surface area is 191 Å². The molecule has 1 amide bonds. The van der Waals surface area contributed by atoms with E-state index in [9.17, 15) is 9.59 Å². The maximum atomic E-state index is 12.1. The van der Waals surface area contributed by atoms with Crippen molar-refractivity contribution >= 4 is 18.1 Å². The Morgan fingerprint density at radius 2 is 1.73 bits per heavy atom. The lowest BCUT2D eigenvalue weighted by Crippen LogP contribution is -2.19. The highest BCUT2D eigenvalue weighted by atomic mass is 16.5. The number of carbonyl (C=O) groups is 2. The molecule has 0 saturated heterocycles. The number of ether oxygens (including phenoxy) is 3. The van der Waals surface area contributed by atoms with Crippen LogP contribution in [0.5, 0.6) is 17.2 Å². The van der Waals surface area contributed by atoms with Crippen LogP contribution in [0.3, 0.4) is 0 Å². The third-order valence-electron chi connectivity index (χ3n) is 4.66. The largest absolute Gasteiger partial charge is 0.497 e. The molecule has 8 heteroatoms. The van der Waals surface area contributed by atoms with Gasteiger partial charge in [-0.1, -0.05) is 24.3 Å². The Bertz CT molecular complexity index is 1160. The van der Waals surface area contributed by atoms with Crippen LogP contribution in [0.4, 0.5) is 0 Å². The molecule has 0 saturated carbocycles. The molecule has 170 valence electrons. The van der Waals surface area contributed by atoms with Gasteiger partial charge < -0.3 is 19.3 Å². The molecule has 0 heterocycles. The highest BCUT2D eigenvalue weighted by Crippen LogP contribution is 2.28. The summed E-state index contributed by atoms with van der Waals surface area (Å²) < 4.78 is 16.3.